The second-order valence-electron chi connectivity index (χ2n) is 4.25. The number of rotatable bonds is 4. The fourth-order valence-electron chi connectivity index (χ4n) is 1.75. The van der Waals surface area contributed by atoms with Crippen LogP contribution in [0.3, 0.4) is 0 Å². The third kappa shape index (κ3) is 3.15. The van der Waals surface area contributed by atoms with Gasteiger partial charge < -0.3 is 4.18 Å². The second-order valence-corrected chi connectivity index (χ2v) is 6.71. The van der Waals surface area contributed by atoms with Gasteiger partial charge in [0.25, 0.3) is 0 Å². The van der Waals surface area contributed by atoms with Crippen LogP contribution in [0.1, 0.15) is 0 Å². The molecule has 112 valence electrons. The predicted octanol–water partition coefficient (Wildman–Crippen LogP) is 2.19. The van der Waals surface area contributed by atoms with Gasteiger partial charge in [-0.05, 0) is 40.8 Å². The fraction of sp³-hybridized carbons (Fsp3) is 0. The Morgan fingerprint density at radius 1 is 1.09 bits per heavy atom. The van der Waals surface area contributed by atoms with Crippen LogP contribution >= 0.6 is 15.9 Å². The molecule has 3 rings (SSSR count). The zero-order chi connectivity index (χ0) is 15.6. The lowest BCUT2D eigenvalue weighted by molar-refractivity contribution is 0.486. The average Bonchev–Trinajstić information content (AvgIpc) is 3.01. The van der Waals surface area contributed by atoms with Crippen molar-refractivity contribution in [1.82, 2.24) is 20.2 Å². The molecule has 0 aliphatic rings. The van der Waals surface area contributed by atoms with Gasteiger partial charge in [0, 0.05) is 10.5 Å². The summed E-state index contributed by atoms with van der Waals surface area (Å²) < 4.78 is 31.7. The summed E-state index contributed by atoms with van der Waals surface area (Å²) in [6.45, 7) is 0. The van der Waals surface area contributed by atoms with Crippen molar-refractivity contribution >= 4 is 26.0 Å². The van der Waals surface area contributed by atoms with Crippen molar-refractivity contribution in [3.05, 3.63) is 59.3 Å². The minimum atomic E-state index is -3.91. The third-order valence-electron chi connectivity index (χ3n) is 2.72. The van der Waals surface area contributed by atoms with E-state index in [-0.39, 0.29) is 10.6 Å². The molecule has 0 spiro atoms. The summed E-state index contributed by atoms with van der Waals surface area (Å²) in [6.07, 6.45) is 1.40. The van der Waals surface area contributed by atoms with Crippen LogP contribution in [0.4, 0.5) is 0 Å². The van der Waals surface area contributed by atoms with Crippen LogP contribution < -0.4 is 4.18 Å². The summed E-state index contributed by atoms with van der Waals surface area (Å²) >= 11 is 3.23. The van der Waals surface area contributed by atoms with Gasteiger partial charge in [-0.15, -0.1) is 5.10 Å². The second kappa shape index (κ2) is 5.85. The van der Waals surface area contributed by atoms with E-state index >= 15 is 0 Å². The van der Waals surface area contributed by atoms with E-state index in [1.165, 1.54) is 29.2 Å². The Kier molecular flexibility index (Phi) is 3.90. The molecule has 0 aliphatic heterocycles. The highest BCUT2D eigenvalue weighted by atomic mass is 79.9. The minimum absolute atomic E-state index is 0.0645. The molecule has 2 aromatic carbocycles. The lowest BCUT2D eigenvalue weighted by atomic mass is 10.3. The number of halogens is 1. The van der Waals surface area contributed by atoms with Crippen molar-refractivity contribution in [3.63, 3.8) is 0 Å². The van der Waals surface area contributed by atoms with Crippen LogP contribution in [0.25, 0.3) is 5.69 Å². The maximum atomic E-state index is 12.3. The Bertz CT molecular complexity index is 897. The number of hydrogen-bond acceptors (Lipinski definition) is 6. The predicted molar refractivity (Wildman–Crippen MR) is 81.1 cm³/mol. The topological polar surface area (TPSA) is 87.0 Å². The summed E-state index contributed by atoms with van der Waals surface area (Å²) in [5, 5.41) is 10.8. The van der Waals surface area contributed by atoms with E-state index in [0.717, 1.165) is 0 Å². The largest absolute Gasteiger partial charge is 0.379 e. The van der Waals surface area contributed by atoms with E-state index in [1.807, 2.05) is 0 Å². The number of nitrogens with zero attached hydrogens (tertiary/aromatic N) is 4. The zero-order valence-electron chi connectivity index (χ0n) is 11.0. The van der Waals surface area contributed by atoms with Crippen LogP contribution in [-0.4, -0.2) is 28.6 Å². The molecular weight excluding hydrogens is 372 g/mol. The minimum Gasteiger partial charge on any atom is -0.379 e. The standard InChI is InChI=1S/C13H9BrN4O3S/c14-10-3-1-6-13(7-10)22(19,20)21-12-5-2-4-11(8-12)18-9-15-16-17-18/h1-9H. The Morgan fingerprint density at radius 2 is 1.91 bits per heavy atom. The van der Waals surface area contributed by atoms with Gasteiger partial charge in [-0.2, -0.15) is 8.42 Å². The SMILES string of the molecule is O=S(=O)(Oc1cccc(-n2cnnn2)c1)c1cccc(Br)c1. The molecule has 0 saturated carbocycles. The molecule has 3 aromatic rings. The first-order valence-corrected chi connectivity index (χ1v) is 8.28. The van der Waals surface area contributed by atoms with Crippen LogP contribution in [0.15, 0.2) is 64.2 Å². The van der Waals surface area contributed by atoms with Gasteiger partial charge in [0.05, 0.1) is 5.69 Å². The Morgan fingerprint density at radius 3 is 2.64 bits per heavy atom. The molecule has 0 fully saturated rings. The molecule has 0 unspecified atom stereocenters. The number of hydrogen-bond donors (Lipinski definition) is 0. The first-order valence-electron chi connectivity index (χ1n) is 6.08. The van der Waals surface area contributed by atoms with E-state index in [1.54, 1.807) is 30.3 Å². The summed E-state index contributed by atoms with van der Waals surface area (Å²) in [5.41, 5.74) is 0.590. The molecule has 1 aromatic heterocycles. The van der Waals surface area contributed by atoms with Gasteiger partial charge >= 0.3 is 10.1 Å². The average molecular weight is 381 g/mol. The summed E-state index contributed by atoms with van der Waals surface area (Å²) in [6, 6.07) is 12.8. The summed E-state index contributed by atoms with van der Waals surface area (Å²) in [4.78, 5) is 0.0645. The molecule has 0 aliphatic carbocycles. The molecule has 0 bridgehead atoms. The maximum absolute atomic E-state index is 12.3. The lowest BCUT2D eigenvalue weighted by Gasteiger charge is -2.08. The van der Waals surface area contributed by atoms with E-state index in [2.05, 4.69) is 31.5 Å². The van der Waals surface area contributed by atoms with Crippen molar-refractivity contribution in [2.45, 2.75) is 4.90 Å². The van der Waals surface area contributed by atoms with Crippen molar-refractivity contribution in [2.24, 2.45) is 0 Å². The van der Waals surface area contributed by atoms with Gasteiger partial charge in [0.15, 0.2) is 0 Å². The maximum Gasteiger partial charge on any atom is 0.339 e. The zero-order valence-corrected chi connectivity index (χ0v) is 13.4. The monoisotopic (exact) mass is 380 g/mol. The van der Waals surface area contributed by atoms with Gasteiger partial charge in [-0.3, -0.25) is 0 Å². The first kappa shape index (κ1) is 14.7. The third-order valence-corrected chi connectivity index (χ3v) is 4.46. The number of aromatic nitrogens is 4. The van der Waals surface area contributed by atoms with Crippen LogP contribution in [0.2, 0.25) is 0 Å². The van der Waals surface area contributed by atoms with Gasteiger partial charge in [0.1, 0.15) is 17.0 Å². The lowest BCUT2D eigenvalue weighted by Crippen LogP contribution is -2.10. The highest BCUT2D eigenvalue weighted by Crippen LogP contribution is 2.22. The normalized spacial score (nSPS) is 11.3. The quantitative estimate of drug-likeness (QED) is 0.644. The Labute approximate surface area is 134 Å². The highest BCUT2D eigenvalue weighted by molar-refractivity contribution is 9.10. The first-order chi connectivity index (χ1) is 10.5. The van der Waals surface area contributed by atoms with Crippen LogP contribution in [-0.2, 0) is 10.1 Å². The van der Waals surface area contributed by atoms with E-state index < -0.39 is 10.1 Å². The summed E-state index contributed by atoms with van der Waals surface area (Å²) in [7, 11) is -3.91. The molecule has 1 heterocycles. The number of benzene rings is 2. The van der Waals surface area contributed by atoms with E-state index in [4.69, 9.17) is 4.18 Å². The van der Waals surface area contributed by atoms with Crippen molar-refractivity contribution in [2.75, 3.05) is 0 Å². The molecule has 0 amide bonds. The molecule has 0 atom stereocenters. The van der Waals surface area contributed by atoms with E-state index in [0.29, 0.717) is 10.2 Å². The van der Waals surface area contributed by atoms with Crippen molar-refractivity contribution in [3.8, 4) is 11.4 Å². The molecule has 0 radical (unpaired) electrons. The van der Waals surface area contributed by atoms with Crippen LogP contribution in [0.5, 0.6) is 5.75 Å². The fourth-order valence-corrected chi connectivity index (χ4v) is 3.28. The van der Waals surface area contributed by atoms with Crippen LogP contribution in [0, 0.1) is 0 Å². The van der Waals surface area contributed by atoms with Crippen molar-refractivity contribution < 1.29 is 12.6 Å². The molecular formula is C13H9BrN4O3S. The molecule has 9 heteroatoms. The van der Waals surface area contributed by atoms with Gasteiger partial charge in [-0.1, -0.05) is 28.1 Å². The molecule has 22 heavy (non-hydrogen) atoms. The molecule has 0 saturated heterocycles. The molecule has 7 nitrogen and oxygen atoms in total. The number of tetrazole rings is 1. The summed E-state index contributed by atoms with van der Waals surface area (Å²) in [5.74, 6) is 0.174. The van der Waals surface area contributed by atoms with Gasteiger partial charge in [-0.25, -0.2) is 4.68 Å². The Balaban J connectivity index is 1.91. The highest BCUT2D eigenvalue weighted by Gasteiger charge is 2.17. The van der Waals surface area contributed by atoms with Crippen molar-refractivity contribution in [1.29, 1.82) is 0 Å². The smallest absolute Gasteiger partial charge is 0.339 e. The van der Waals surface area contributed by atoms with E-state index in [9.17, 15) is 8.42 Å². The van der Waals surface area contributed by atoms with Gasteiger partial charge in [0.2, 0.25) is 0 Å². The Hall–Kier alpha value is -2.26. The molecule has 0 N–H and O–H groups in total.